The summed E-state index contributed by atoms with van der Waals surface area (Å²) >= 11 is 0. The van der Waals surface area contributed by atoms with Crippen LogP contribution in [-0.4, -0.2) is 44.4 Å². The van der Waals surface area contributed by atoms with Gasteiger partial charge in [0.2, 0.25) is 0 Å². The number of carbonyl (C=O) groups is 1. The number of aliphatic hydroxyl groups excluding tert-OH is 1. The smallest absolute Gasteiger partial charge is 0.407 e. The summed E-state index contributed by atoms with van der Waals surface area (Å²) in [5, 5.41) is 12.4. The van der Waals surface area contributed by atoms with Crippen LogP contribution in [0.15, 0.2) is 12.2 Å². The zero-order valence-electron chi connectivity index (χ0n) is 24.5. The van der Waals surface area contributed by atoms with Crippen LogP contribution in [0.2, 0.25) is 18.1 Å². The molecule has 2 N–H and O–H groups in total. The molecule has 0 spiro atoms. The lowest BCUT2D eigenvalue weighted by molar-refractivity contribution is 0.0527. The fourth-order valence-electron chi connectivity index (χ4n) is 3.61. The first-order chi connectivity index (χ1) is 16.3. The van der Waals surface area contributed by atoms with E-state index in [0.29, 0.717) is 13.0 Å². The van der Waals surface area contributed by atoms with Crippen molar-refractivity contribution in [1.82, 2.24) is 5.32 Å². The molecule has 0 aliphatic rings. The molecule has 0 aromatic carbocycles. The van der Waals surface area contributed by atoms with Gasteiger partial charge in [-0.25, -0.2) is 4.79 Å². The van der Waals surface area contributed by atoms with Crippen molar-refractivity contribution in [2.45, 2.75) is 155 Å². The summed E-state index contributed by atoms with van der Waals surface area (Å²) in [4.78, 5) is 11.6. The molecular weight excluding hydrogens is 454 g/mol. The highest BCUT2D eigenvalue weighted by molar-refractivity contribution is 6.74. The summed E-state index contributed by atoms with van der Waals surface area (Å²) in [5.74, 6) is 0. The maximum atomic E-state index is 11.6. The van der Waals surface area contributed by atoms with Crippen molar-refractivity contribution in [2.75, 3.05) is 13.2 Å². The molecule has 0 aromatic heterocycles. The highest BCUT2D eigenvalue weighted by Crippen LogP contribution is 2.37. The van der Waals surface area contributed by atoms with Crippen LogP contribution in [0.3, 0.4) is 0 Å². The van der Waals surface area contributed by atoms with Gasteiger partial charge in [0.1, 0.15) is 5.60 Å². The van der Waals surface area contributed by atoms with Crippen LogP contribution >= 0.6 is 0 Å². The third-order valence-electron chi connectivity index (χ3n) is 6.73. The van der Waals surface area contributed by atoms with Crippen LogP contribution in [0.5, 0.6) is 0 Å². The van der Waals surface area contributed by atoms with Crippen molar-refractivity contribution in [3.8, 4) is 0 Å². The Hall–Kier alpha value is -0.853. The van der Waals surface area contributed by atoms with Gasteiger partial charge in [-0.1, -0.05) is 90.7 Å². The Morgan fingerprint density at radius 2 is 1.34 bits per heavy atom. The van der Waals surface area contributed by atoms with E-state index in [1.54, 1.807) is 0 Å². The molecule has 0 saturated heterocycles. The average Bonchev–Trinajstić information content (AvgIpc) is 2.71. The summed E-state index contributed by atoms with van der Waals surface area (Å²) in [6.07, 6.45) is 19.9. The number of amides is 1. The van der Waals surface area contributed by atoms with Crippen molar-refractivity contribution in [3.63, 3.8) is 0 Å². The second-order valence-corrected chi connectivity index (χ2v) is 17.2. The summed E-state index contributed by atoms with van der Waals surface area (Å²) in [5.41, 5.74) is -0.425. The van der Waals surface area contributed by atoms with Crippen molar-refractivity contribution >= 4 is 14.4 Å². The summed E-state index contributed by atoms with van der Waals surface area (Å²) in [6, 6.07) is 0. The predicted octanol–water partition coefficient (Wildman–Crippen LogP) is 8.52. The van der Waals surface area contributed by atoms with Crippen LogP contribution in [0.25, 0.3) is 0 Å². The first kappa shape index (κ1) is 34.1. The van der Waals surface area contributed by atoms with E-state index in [4.69, 9.17) is 9.16 Å². The Bertz CT molecular complexity index is 564. The van der Waals surface area contributed by atoms with Crippen LogP contribution in [-0.2, 0) is 9.16 Å². The van der Waals surface area contributed by atoms with E-state index < -0.39 is 13.9 Å². The first-order valence-corrected chi connectivity index (χ1v) is 17.1. The van der Waals surface area contributed by atoms with Crippen LogP contribution < -0.4 is 5.32 Å². The predicted molar refractivity (Wildman–Crippen MR) is 153 cm³/mol. The molecule has 0 saturated carbocycles. The molecule has 0 aliphatic carbocycles. The molecule has 0 bridgehead atoms. The molecule has 5 nitrogen and oxygen atoms in total. The van der Waals surface area contributed by atoms with Gasteiger partial charge in [0, 0.05) is 13.2 Å². The van der Waals surface area contributed by atoms with Crippen molar-refractivity contribution in [2.24, 2.45) is 0 Å². The third-order valence-corrected chi connectivity index (χ3v) is 11.2. The molecule has 208 valence electrons. The Balaban J connectivity index is 3.65. The van der Waals surface area contributed by atoms with Gasteiger partial charge in [0.25, 0.3) is 0 Å². The van der Waals surface area contributed by atoms with Gasteiger partial charge in [-0.2, -0.15) is 0 Å². The molecule has 1 unspecified atom stereocenters. The third kappa shape index (κ3) is 20.0. The highest BCUT2D eigenvalue weighted by atomic mass is 28.4. The highest BCUT2D eigenvalue weighted by Gasteiger charge is 2.38. The topological polar surface area (TPSA) is 67.8 Å². The normalized spacial score (nSPS) is 13.9. The number of nitrogens with one attached hydrogen (secondary N) is 1. The Kier molecular flexibility index (Phi) is 18.0. The van der Waals surface area contributed by atoms with E-state index in [-0.39, 0.29) is 23.8 Å². The molecule has 0 heterocycles. The van der Waals surface area contributed by atoms with Gasteiger partial charge in [-0.05, 0) is 64.6 Å². The second-order valence-electron chi connectivity index (χ2n) is 12.5. The SMILES string of the molecule is CC(C)(C)OC(=O)NCCCCCCCCCCCCC/C=C/C(CCO)O[Si](C)(C)C(C)(C)C. The summed E-state index contributed by atoms with van der Waals surface area (Å²) < 4.78 is 11.7. The lowest BCUT2D eigenvalue weighted by Gasteiger charge is -2.38. The number of alkyl carbamates (subject to hydrolysis) is 1. The van der Waals surface area contributed by atoms with E-state index in [1.165, 1.54) is 64.2 Å². The minimum Gasteiger partial charge on any atom is -0.444 e. The maximum absolute atomic E-state index is 11.6. The number of unbranched alkanes of at least 4 members (excludes halogenated alkanes) is 11. The van der Waals surface area contributed by atoms with Crippen LogP contribution in [0.4, 0.5) is 4.79 Å². The Morgan fingerprint density at radius 1 is 0.857 bits per heavy atom. The second kappa shape index (κ2) is 18.4. The van der Waals surface area contributed by atoms with Gasteiger partial charge >= 0.3 is 6.09 Å². The summed E-state index contributed by atoms with van der Waals surface area (Å²) in [6.45, 7) is 17.9. The fraction of sp³-hybridized carbons (Fsp3) is 0.897. The van der Waals surface area contributed by atoms with Crippen molar-refractivity contribution < 1.29 is 19.1 Å². The molecular formula is C29H59NO4Si. The molecule has 0 aromatic rings. The lowest BCUT2D eigenvalue weighted by Crippen LogP contribution is -2.43. The zero-order chi connectivity index (χ0) is 26.8. The fourth-order valence-corrected chi connectivity index (χ4v) is 4.91. The Morgan fingerprint density at radius 3 is 1.80 bits per heavy atom. The van der Waals surface area contributed by atoms with Gasteiger partial charge < -0.3 is 19.6 Å². The zero-order valence-corrected chi connectivity index (χ0v) is 25.5. The summed E-state index contributed by atoms with van der Waals surface area (Å²) in [7, 11) is -1.81. The van der Waals surface area contributed by atoms with Gasteiger partial charge in [-0.3, -0.25) is 0 Å². The molecule has 0 fully saturated rings. The minimum absolute atomic E-state index is 0.0436. The maximum Gasteiger partial charge on any atom is 0.407 e. The quantitative estimate of drug-likeness (QED) is 0.103. The Labute approximate surface area is 219 Å². The van der Waals surface area contributed by atoms with Gasteiger partial charge in [0.15, 0.2) is 8.32 Å². The lowest BCUT2D eigenvalue weighted by atomic mass is 10.0. The average molecular weight is 514 g/mol. The monoisotopic (exact) mass is 513 g/mol. The molecule has 6 heteroatoms. The number of allylic oxidation sites excluding steroid dienone is 1. The minimum atomic E-state index is -1.81. The molecule has 1 amide bonds. The van der Waals surface area contributed by atoms with Crippen molar-refractivity contribution in [3.05, 3.63) is 12.2 Å². The van der Waals surface area contributed by atoms with E-state index in [2.05, 4.69) is 51.3 Å². The molecule has 0 radical (unpaired) electrons. The van der Waals surface area contributed by atoms with Crippen LogP contribution in [0, 0.1) is 0 Å². The molecule has 35 heavy (non-hydrogen) atoms. The number of ether oxygens (including phenoxy) is 1. The van der Waals surface area contributed by atoms with E-state index in [0.717, 1.165) is 12.8 Å². The molecule has 1 atom stereocenters. The number of aliphatic hydroxyl groups is 1. The number of hydrogen-bond donors (Lipinski definition) is 2. The van der Waals surface area contributed by atoms with Gasteiger partial charge in [-0.15, -0.1) is 0 Å². The standard InChI is InChI=1S/C29H59NO4Si/c1-28(2,3)33-27(32)30-24-21-19-17-15-13-11-9-10-12-14-16-18-20-22-26(23-25-31)34-35(7,8)29(4,5)6/h20,22,26,31H,9-19,21,23-25H2,1-8H3,(H,30,32)/b22-20+. The largest absolute Gasteiger partial charge is 0.444 e. The van der Waals surface area contributed by atoms with E-state index >= 15 is 0 Å². The number of carbonyl (C=O) groups excluding carboxylic acids is 1. The van der Waals surface area contributed by atoms with Crippen molar-refractivity contribution in [1.29, 1.82) is 0 Å². The molecule has 0 rings (SSSR count). The first-order valence-electron chi connectivity index (χ1n) is 14.2. The number of rotatable bonds is 19. The number of hydrogen-bond acceptors (Lipinski definition) is 4. The van der Waals surface area contributed by atoms with Gasteiger partial charge in [0.05, 0.1) is 6.10 Å². The molecule has 0 aliphatic heterocycles. The van der Waals surface area contributed by atoms with E-state index in [1.807, 2.05) is 20.8 Å². The van der Waals surface area contributed by atoms with Crippen LogP contribution in [0.1, 0.15) is 125 Å². The van der Waals surface area contributed by atoms with E-state index in [9.17, 15) is 9.90 Å².